The van der Waals surface area contributed by atoms with Crippen LogP contribution in [0.1, 0.15) is 31.7 Å². The molecular formula is C13H20N2. The van der Waals surface area contributed by atoms with Crippen LogP contribution in [0.5, 0.6) is 0 Å². The van der Waals surface area contributed by atoms with Crippen LogP contribution in [-0.2, 0) is 0 Å². The van der Waals surface area contributed by atoms with Crippen LogP contribution in [0.3, 0.4) is 0 Å². The molecule has 2 heteroatoms. The number of hydrogen-bond donors (Lipinski definition) is 2. The number of hydrogen-bond acceptors (Lipinski definition) is 2. The first-order valence-electron chi connectivity index (χ1n) is 5.76. The Hall–Kier alpha value is -1.18. The summed E-state index contributed by atoms with van der Waals surface area (Å²) in [6, 6.07) is 6.07. The van der Waals surface area contributed by atoms with Crippen molar-refractivity contribution in [2.45, 2.75) is 33.1 Å². The van der Waals surface area contributed by atoms with E-state index in [0.717, 1.165) is 12.2 Å². The van der Waals surface area contributed by atoms with E-state index in [-0.39, 0.29) is 0 Å². The Morgan fingerprint density at radius 2 is 2.13 bits per heavy atom. The van der Waals surface area contributed by atoms with Crippen molar-refractivity contribution in [2.75, 3.05) is 17.6 Å². The molecule has 0 aromatic heterocycles. The van der Waals surface area contributed by atoms with E-state index in [1.165, 1.54) is 30.5 Å². The summed E-state index contributed by atoms with van der Waals surface area (Å²) in [6.45, 7) is 5.44. The summed E-state index contributed by atoms with van der Waals surface area (Å²) in [7, 11) is 0. The van der Waals surface area contributed by atoms with Crippen LogP contribution in [0.4, 0.5) is 11.4 Å². The average molecular weight is 204 g/mol. The van der Waals surface area contributed by atoms with E-state index in [9.17, 15) is 0 Å². The van der Waals surface area contributed by atoms with Crippen LogP contribution in [-0.4, -0.2) is 6.54 Å². The van der Waals surface area contributed by atoms with Gasteiger partial charge in [0.1, 0.15) is 0 Å². The van der Waals surface area contributed by atoms with Crippen molar-refractivity contribution in [3.63, 3.8) is 0 Å². The normalized spacial score (nSPS) is 17.5. The standard InChI is InChI=1S/C13H20N2/c1-3-13(7-8-13)9-15-12-6-4-5-11(14)10(12)2/h4-6,15H,3,7-9,14H2,1-2H3. The summed E-state index contributed by atoms with van der Waals surface area (Å²) >= 11 is 0. The van der Waals surface area contributed by atoms with Gasteiger partial charge >= 0.3 is 0 Å². The zero-order chi connectivity index (χ0) is 10.9. The molecule has 1 aromatic rings. The molecular weight excluding hydrogens is 184 g/mol. The molecule has 15 heavy (non-hydrogen) atoms. The van der Waals surface area contributed by atoms with Gasteiger partial charge < -0.3 is 11.1 Å². The van der Waals surface area contributed by atoms with Gasteiger partial charge in [0, 0.05) is 17.9 Å². The lowest BCUT2D eigenvalue weighted by Gasteiger charge is -2.16. The van der Waals surface area contributed by atoms with Crippen molar-refractivity contribution in [3.05, 3.63) is 23.8 Å². The van der Waals surface area contributed by atoms with E-state index in [1.54, 1.807) is 0 Å². The van der Waals surface area contributed by atoms with Gasteiger partial charge in [0.25, 0.3) is 0 Å². The lowest BCUT2D eigenvalue weighted by molar-refractivity contribution is 0.521. The molecule has 0 unspecified atom stereocenters. The van der Waals surface area contributed by atoms with Crippen molar-refractivity contribution in [1.82, 2.24) is 0 Å². The topological polar surface area (TPSA) is 38.0 Å². The molecule has 3 N–H and O–H groups in total. The number of benzene rings is 1. The monoisotopic (exact) mass is 204 g/mol. The lowest BCUT2D eigenvalue weighted by atomic mass is 10.0. The molecule has 0 heterocycles. The highest BCUT2D eigenvalue weighted by Gasteiger charge is 2.40. The number of rotatable bonds is 4. The average Bonchev–Trinajstić information content (AvgIpc) is 3.01. The van der Waals surface area contributed by atoms with Gasteiger partial charge in [-0.05, 0) is 49.3 Å². The van der Waals surface area contributed by atoms with E-state index in [2.05, 4.69) is 25.2 Å². The van der Waals surface area contributed by atoms with E-state index in [0.29, 0.717) is 5.41 Å². The van der Waals surface area contributed by atoms with Gasteiger partial charge in [-0.15, -0.1) is 0 Å². The summed E-state index contributed by atoms with van der Waals surface area (Å²) in [5.74, 6) is 0. The Kier molecular flexibility index (Phi) is 2.59. The van der Waals surface area contributed by atoms with Gasteiger partial charge in [-0.3, -0.25) is 0 Å². The van der Waals surface area contributed by atoms with E-state index < -0.39 is 0 Å². The summed E-state index contributed by atoms with van der Waals surface area (Å²) in [5, 5.41) is 3.53. The molecule has 0 saturated heterocycles. The van der Waals surface area contributed by atoms with Crippen molar-refractivity contribution >= 4 is 11.4 Å². The van der Waals surface area contributed by atoms with Crippen LogP contribution in [0.2, 0.25) is 0 Å². The molecule has 82 valence electrons. The maximum absolute atomic E-state index is 5.87. The van der Waals surface area contributed by atoms with Gasteiger partial charge in [0.15, 0.2) is 0 Å². The molecule has 0 atom stereocenters. The zero-order valence-electron chi connectivity index (χ0n) is 9.64. The minimum atomic E-state index is 0.580. The first kappa shape index (κ1) is 10.3. The van der Waals surface area contributed by atoms with Crippen molar-refractivity contribution in [2.24, 2.45) is 5.41 Å². The molecule has 0 bridgehead atoms. The number of nitrogen functional groups attached to an aromatic ring is 1. The fourth-order valence-electron chi connectivity index (χ4n) is 1.96. The smallest absolute Gasteiger partial charge is 0.0390 e. The Morgan fingerprint density at radius 1 is 1.40 bits per heavy atom. The second-order valence-electron chi connectivity index (χ2n) is 4.73. The molecule has 0 spiro atoms. The van der Waals surface area contributed by atoms with Crippen molar-refractivity contribution in [3.8, 4) is 0 Å². The van der Waals surface area contributed by atoms with E-state index in [4.69, 9.17) is 5.73 Å². The maximum atomic E-state index is 5.87. The number of nitrogens with two attached hydrogens (primary N) is 1. The number of anilines is 2. The third-order valence-electron chi connectivity index (χ3n) is 3.74. The highest BCUT2D eigenvalue weighted by molar-refractivity contribution is 5.62. The van der Waals surface area contributed by atoms with Gasteiger partial charge in [0.2, 0.25) is 0 Å². The van der Waals surface area contributed by atoms with Crippen molar-refractivity contribution < 1.29 is 0 Å². The van der Waals surface area contributed by atoms with Gasteiger partial charge in [-0.2, -0.15) is 0 Å². The van der Waals surface area contributed by atoms with Gasteiger partial charge in [-0.1, -0.05) is 13.0 Å². The fraction of sp³-hybridized carbons (Fsp3) is 0.538. The Labute approximate surface area is 91.9 Å². The molecule has 2 nitrogen and oxygen atoms in total. The second-order valence-corrected chi connectivity index (χ2v) is 4.73. The summed E-state index contributed by atoms with van der Waals surface area (Å²) in [5.41, 5.74) is 9.69. The largest absolute Gasteiger partial charge is 0.398 e. The van der Waals surface area contributed by atoms with Crippen LogP contribution >= 0.6 is 0 Å². The molecule has 0 radical (unpaired) electrons. The molecule has 1 saturated carbocycles. The van der Waals surface area contributed by atoms with Crippen LogP contribution < -0.4 is 11.1 Å². The first-order chi connectivity index (χ1) is 7.17. The Morgan fingerprint density at radius 3 is 2.73 bits per heavy atom. The number of nitrogens with one attached hydrogen (secondary N) is 1. The summed E-state index contributed by atoms with van der Waals surface area (Å²) < 4.78 is 0. The lowest BCUT2D eigenvalue weighted by Crippen LogP contribution is -2.15. The van der Waals surface area contributed by atoms with Crippen LogP contribution in [0.25, 0.3) is 0 Å². The quantitative estimate of drug-likeness (QED) is 0.739. The Balaban J connectivity index is 2.02. The van der Waals surface area contributed by atoms with Gasteiger partial charge in [0.05, 0.1) is 0 Å². The first-order valence-corrected chi connectivity index (χ1v) is 5.76. The predicted octanol–water partition coefficient (Wildman–Crippen LogP) is 3.18. The minimum Gasteiger partial charge on any atom is -0.398 e. The van der Waals surface area contributed by atoms with Crippen molar-refractivity contribution in [1.29, 1.82) is 0 Å². The molecule has 1 aromatic carbocycles. The SMILES string of the molecule is CCC1(CNc2cccc(N)c2C)CC1. The van der Waals surface area contributed by atoms with E-state index in [1.807, 2.05) is 12.1 Å². The highest BCUT2D eigenvalue weighted by atomic mass is 14.9. The fourth-order valence-corrected chi connectivity index (χ4v) is 1.96. The third kappa shape index (κ3) is 2.09. The maximum Gasteiger partial charge on any atom is 0.0390 e. The third-order valence-corrected chi connectivity index (χ3v) is 3.74. The second kappa shape index (κ2) is 3.76. The molecule has 1 fully saturated rings. The molecule has 0 amide bonds. The molecule has 0 aliphatic heterocycles. The zero-order valence-corrected chi connectivity index (χ0v) is 9.64. The summed E-state index contributed by atoms with van der Waals surface area (Å²) in [6.07, 6.45) is 4.02. The van der Waals surface area contributed by atoms with E-state index >= 15 is 0 Å². The minimum absolute atomic E-state index is 0.580. The summed E-state index contributed by atoms with van der Waals surface area (Å²) in [4.78, 5) is 0. The molecule has 2 rings (SSSR count). The predicted molar refractivity (Wildman–Crippen MR) is 66.0 cm³/mol. The highest BCUT2D eigenvalue weighted by Crippen LogP contribution is 2.48. The van der Waals surface area contributed by atoms with Gasteiger partial charge in [-0.25, -0.2) is 0 Å². The Bertz CT molecular complexity index is 354. The van der Waals surface area contributed by atoms with Crippen LogP contribution in [0.15, 0.2) is 18.2 Å². The molecule has 1 aliphatic carbocycles. The molecule has 1 aliphatic rings. The van der Waals surface area contributed by atoms with Crippen LogP contribution in [0, 0.1) is 12.3 Å².